The molecule has 139 heavy (non-hydrogen) atoms. The molecule has 3 nitrogen and oxygen atoms in total. The van der Waals surface area contributed by atoms with E-state index in [2.05, 4.69) is 234 Å². The first-order valence-electron chi connectivity index (χ1n) is 55.3. The maximum atomic E-state index is 9.47. The number of rotatable bonds is 13. The molecule has 12 fully saturated rings. The average molecular weight is 2410 g/mol. The molecule has 19 rings (SSSR count). The minimum Gasteiger partial charge on any atom is -0.508 e. The van der Waals surface area contributed by atoms with Gasteiger partial charge >= 0.3 is 0 Å². The fourth-order valence-electron chi connectivity index (χ4n) is 25.7. The van der Waals surface area contributed by atoms with Gasteiger partial charge in [0, 0.05) is 229 Å². The summed E-state index contributed by atoms with van der Waals surface area (Å²) in [6, 6.07) is 66.3. The van der Waals surface area contributed by atoms with Crippen molar-refractivity contribution in [1.82, 2.24) is 0 Å². The van der Waals surface area contributed by atoms with Crippen molar-refractivity contribution in [3.63, 3.8) is 0 Å². The fourth-order valence-corrected chi connectivity index (χ4v) is 25.7. The largest absolute Gasteiger partial charge is 0.508 e. The summed E-state index contributed by atoms with van der Waals surface area (Å²) >= 11 is 0. The van der Waals surface area contributed by atoms with Crippen LogP contribution in [0.2, 0.25) is 0 Å². The number of hydrogen-bond acceptors (Lipinski definition) is 3. The third kappa shape index (κ3) is 49.3. The van der Waals surface area contributed by atoms with Gasteiger partial charge in [-0.25, -0.2) is 0 Å². The number of aliphatic hydroxyl groups is 1. The van der Waals surface area contributed by atoms with Crippen LogP contribution < -0.4 is 0 Å². The van der Waals surface area contributed by atoms with Crippen LogP contribution in [-0.4, -0.2) is 21.4 Å². The number of aliphatic hydroxyl groups excluding tert-OH is 1. The second kappa shape index (κ2) is 75.7. The van der Waals surface area contributed by atoms with Crippen LogP contribution in [0.25, 0.3) is 22.3 Å². The number of aryl methyl sites for hydroxylation is 2. The molecule has 12 aliphatic carbocycles. The first-order chi connectivity index (χ1) is 64.3. The average Bonchev–Trinajstić information content (AvgIpc) is 0.818. The van der Waals surface area contributed by atoms with E-state index in [1.54, 1.807) is 24.3 Å². The number of phenolic OH excluding ortho intramolecular Hbond substituents is 2. The Kier molecular flexibility index (Phi) is 72.1. The molecule has 0 heterocycles. The summed E-state index contributed by atoms with van der Waals surface area (Å²) < 4.78 is 0. The Hall–Kier alpha value is 1.05. The van der Waals surface area contributed by atoms with Crippen molar-refractivity contribution in [1.29, 1.82) is 0 Å². The maximum absolute atomic E-state index is 9.47. The zero-order valence-corrected chi connectivity index (χ0v) is 109. The number of allylic oxidation sites excluding steroid dienone is 4. The van der Waals surface area contributed by atoms with Crippen molar-refractivity contribution in [2.24, 2.45) is 112 Å². The Morgan fingerprint density at radius 2 is 0.460 bits per heavy atom. The van der Waals surface area contributed by atoms with Crippen LogP contribution in [-0.2, 0) is 229 Å². The van der Waals surface area contributed by atoms with Crippen LogP contribution in [0.4, 0.5) is 0 Å². The topological polar surface area (TPSA) is 60.7 Å². The molecule has 7 aromatic rings. The van der Waals surface area contributed by atoms with E-state index in [0.29, 0.717) is 11.5 Å². The third-order valence-electron chi connectivity index (χ3n) is 35.3. The van der Waals surface area contributed by atoms with Gasteiger partial charge in [-0.15, -0.1) is 18.7 Å². The molecule has 0 aromatic heterocycles. The molecule has 3 N–H and O–H groups in total. The molecule has 0 atom stereocenters. The van der Waals surface area contributed by atoms with Crippen molar-refractivity contribution < 1.29 is 244 Å². The van der Waals surface area contributed by atoms with Crippen molar-refractivity contribution in [3.8, 4) is 33.8 Å². The SMILES string of the molecule is C/C=C/C1CCC(C2CCC(C)CC2)CC1.C=CC1CCC(C2CCC(C)CC2)CC1.C=CC1CCC(C2CCC(c3cc[c-]cc3)CC2)CC1.CC1CCC(C2CCC(O)CC2)CC1.CC1CCC(C2CC[CH-]CC2)CC1.CC1CCC(c2cc[c-]cc2)CC1.CC1CCC(c2ccc(O)cc2)CC1.Cc1ccc(-c2cc[c-]cc2)cc1.Cc1ccc(-c2ccc(O)cc2)cc1.[Y].[Y].[Y].[Y].[Y].[Y].[Y]. The van der Waals surface area contributed by atoms with Gasteiger partial charge in [-0.1, -0.05) is 240 Å². The van der Waals surface area contributed by atoms with E-state index >= 15 is 0 Å². The summed E-state index contributed by atoms with van der Waals surface area (Å²) in [5.41, 5.74) is 11.8. The standard InChI is InChI=1S/C20H27.C16H28.C15H26.C13H24O.C13H18O.C13H12O.C13H23.C13H17.C13H11.7Y/c1-2-16-8-10-18(11-9-16)20-14-12-19(13-15-20)17-6-4-3-5-7-17;1-3-4-14-7-11-16(12-8-14)15-9-5-13(2)6-10-15;1-3-13-6-10-15(11-7-13)14-8-4-12(2)5-9-14;3*1-10-2-4-11(5-3-10)12-6-8-13(14)9-7-12;3*1-11-7-9-13(10-8-11)12-5-3-2-4-6-12;;;;;;;/h2,4-7,16,18-20H,1,8-15H2;3-4,13-16H,5-12H2,1-2H3;3,12-15H,1,4-11H2,2H3;10-14H,2-9H2,1H3;6-11,14H,2-5H2,1H3;2-9,14H,1H3;2,11-13H,3-10H2,1H3;3-6,11,13H,7-10H2,1H3;3-10H,1H3;;;;;;;/q-1;;;;;;3*-1;;;;;;;/b;4-3+;;;;;;;;;;;;;;. The van der Waals surface area contributed by atoms with E-state index in [1.165, 1.54) is 340 Å². The first kappa shape index (κ1) is 132. The van der Waals surface area contributed by atoms with E-state index in [0.717, 1.165) is 149 Å². The van der Waals surface area contributed by atoms with E-state index in [9.17, 15) is 10.2 Å². The van der Waals surface area contributed by atoms with Crippen molar-refractivity contribution >= 4 is 0 Å². The van der Waals surface area contributed by atoms with Gasteiger partial charge in [-0.05, 0) is 403 Å². The van der Waals surface area contributed by atoms with Crippen LogP contribution >= 0.6 is 0 Å². The molecule has 7 radical (unpaired) electrons. The predicted octanol–water partition coefficient (Wildman–Crippen LogP) is 37.6. The molecule has 12 saturated carbocycles. The maximum Gasteiger partial charge on any atom is 0.115 e. The van der Waals surface area contributed by atoms with Gasteiger partial charge in [-0.2, -0.15) is 115 Å². The molecule has 0 saturated heterocycles. The van der Waals surface area contributed by atoms with Gasteiger partial charge in [0.2, 0.25) is 0 Å². The molecular weight excluding hydrogens is 2220 g/mol. The molecular formula is C129H186O3Y7-4. The monoisotopic (exact) mass is 2410 g/mol. The van der Waals surface area contributed by atoms with Crippen LogP contribution in [0.3, 0.4) is 0 Å². The molecule has 12 aliphatic rings. The van der Waals surface area contributed by atoms with Crippen LogP contribution in [0.5, 0.6) is 11.5 Å². The van der Waals surface area contributed by atoms with Crippen LogP contribution in [0, 0.1) is 151 Å². The normalized spacial score (nSPS) is 29.8. The Morgan fingerprint density at radius 1 is 0.252 bits per heavy atom. The predicted molar refractivity (Wildman–Crippen MR) is 568 cm³/mol. The molecule has 745 valence electrons. The Bertz CT molecular complexity index is 4080. The number of aromatic hydroxyl groups is 2. The number of phenols is 2. The van der Waals surface area contributed by atoms with E-state index in [-0.39, 0.29) is 235 Å². The van der Waals surface area contributed by atoms with Gasteiger partial charge in [0.15, 0.2) is 0 Å². The van der Waals surface area contributed by atoms with Gasteiger partial charge in [0.25, 0.3) is 0 Å². The molecule has 0 aliphatic heterocycles. The summed E-state index contributed by atoms with van der Waals surface area (Å²) in [6.45, 7) is 28.6. The van der Waals surface area contributed by atoms with Gasteiger partial charge < -0.3 is 21.7 Å². The zero-order valence-electron chi connectivity index (χ0n) is 89.1. The molecule has 0 spiro atoms. The summed E-state index contributed by atoms with van der Waals surface area (Å²) in [4.78, 5) is 0. The summed E-state index contributed by atoms with van der Waals surface area (Å²) in [5.74, 6) is 21.9. The summed E-state index contributed by atoms with van der Waals surface area (Å²) in [6.07, 6.45) is 80.0. The molecule has 10 heteroatoms. The Balaban J connectivity index is 0.000000325. The van der Waals surface area contributed by atoms with Gasteiger partial charge in [-0.3, -0.25) is 0 Å². The van der Waals surface area contributed by atoms with Crippen LogP contribution in [0.15, 0.2) is 207 Å². The van der Waals surface area contributed by atoms with Gasteiger partial charge in [0.05, 0.1) is 6.10 Å². The zero-order chi connectivity index (χ0) is 93.0. The second-order valence-electron chi connectivity index (χ2n) is 45.2. The first-order valence-corrected chi connectivity index (χ1v) is 55.3. The van der Waals surface area contributed by atoms with Crippen molar-refractivity contribution in [2.75, 3.05) is 0 Å². The second-order valence-corrected chi connectivity index (χ2v) is 45.2. The van der Waals surface area contributed by atoms with Crippen LogP contribution in [0.1, 0.15) is 402 Å². The third-order valence-corrected chi connectivity index (χ3v) is 35.3. The summed E-state index contributed by atoms with van der Waals surface area (Å²) in [7, 11) is 0. The molecule has 7 aromatic carbocycles. The number of hydrogen-bond donors (Lipinski definition) is 3. The van der Waals surface area contributed by atoms with Crippen molar-refractivity contribution in [2.45, 2.75) is 394 Å². The smallest absolute Gasteiger partial charge is 0.115 e. The van der Waals surface area contributed by atoms with E-state index in [1.807, 2.05) is 36.4 Å². The minimum atomic E-state index is 0. The Labute approximate surface area is 1030 Å². The fraction of sp³-hybridized carbons (Fsp3) is 0.620. The molecule has 0 amide bonds. The van der Waals surface area contributed by atoms with Crippen molar-refractivity contribution in [3.05, 3.63) is 260 Å². The molecule has 0 bridgehead atoms. The minimum absolute atomic E-state index is 0. The quantitative estimate of drug-likeness (QED) is 0.0796. The Morgan fingerprint density at radius 3 is 0.741 bits per heavy atom. The molecule has 0 unspecified atom stereocenters. The number of benzene rings is 7. The van der Waals surface area contributed by atoms with E-state index < -0.39 is 0 Å². The van der Waals surface area contributed by atoms with E-state index in [4.69, 9.17) is 5.11 Å². The summed E-state index contributed by atoms with van der Waals surface area (Å²) in [5, 5.41) is 27.8. The van der Waals surface area contributed by atoms with Gasteiger partial charge in [0.1, 0.15) is 11.5 Å².